The largest absolute Gasteiger partial charge is 0.354 e. The van der Waals surface area contributed by atoms with Crippen LogP contribution in [0.4, 0.5) is 5.69 Å². The molecule has 0 heterocycles. The topological polar surface area (TPSA) is 86.8 Å². The van der Waals surface area contributed by atoms with E-state index in [0.29, 0.717) is 18.7 Å². The molecule has 4 rings (SSSR count). The van der Waals surface area contributed by atoms with E-state index in [0.717, 1.165) is 34.2 Å². The average Bonchev–Trinajstić information content (AvgIpc) is 3.05. The Kier molecular flexibility index (Phi) is 11.5. The fraction of sp³-hybridized carbons (Fsp3) is 0.297. The van der Waals surface area contributed by atoms with Crippen molar-refractivity contribution in [2.75, 3.05) is 17.4 Å². The highest BCUT2D eigenvalue weighted by atomic mass is 32.2. The number of carbonyl (C=O) groups excluding carboxylic acids is 2. The van der Waals surface area contributed by atoms with Crippen molar-refractivity contribution in [1.82, 2.24) is 10.2 Å². The first kappa shape index (κ1) is 33.5. The molecule has 0 saturated heterocycles. The summed E-state index contributed by atoms with van der Waals surface area (Å²) in [5.74, 6) is -0.739. The second-order valence-corrected chi connectivity index (χ2v) is 13.1. The van der Waals surface area contributed by atoms with Crippen molar-refractivity contribution in [3.63, 3.8) is 0 Å². The molecule has 0 bridgehead atoms. The van der Waals surface area contributed by atoms with Crippen molar-refractivity contribution >= 4 is 27.5 Å². The van der Waals surface area contributed by atoms with Crippen LogP contribution in [0.2, 0.25) is 0 Å². The first-order valence-electron chi connectivity index (χ1n) is 15.5. The van der Waals surface area contributed by atoms with Crippen LogP contribution in [-0.2, 0) is 39.0 Å². The number of nitrogens with zero attached hydrogens (tertiary/aromatic N) is 2. The van der Waals surface area contributed by atoms with Crippen LogP contribution in [0.25, 0.3) is 0 Å². The number of carbonyl (C=O) groups is 2. The van der Waals surface area contributed by atoms with Crippen LogP contribution in [0.15, 0.2) is 108 Å². The number of hydrogen-bond donors (Lipinski definition) is 1. The van der Waals surface area contributed by atoms with E-state index in [1.165, 1.54) is 4.31 Å². The second-order valence-electron chi connectivity index (χ2n) is 11.3. The van der Waals surface area contributed by atoms with Gasteiger partial charge >= 0.3 is 0 Å². The lowest BCUT2D eigenvalue weighted by atomic mass is 10.0. The molecule has 236 valence electrons. The molecule has 4 aromatic rings. The summed E-state index contributed by atoms with van der Waals surface area (Å²) in [6, 6.07) is 30.3. The maximum absolute atomic E-state index is 14.6. The summed E-state index contributed by atoms with van der Waals surface area (Å²) in [7, 11) is -4.15. The highest BCUT2D eigenvalue weighted by molar-refractivity contribution is 7.92. The van der Waals surface area contributed by atoms with Crippen molar-refractivity contribution in [2.24, 2.45) is 0 Å². The zero-order valence-corrected chi connectivity index (χ0v) is 27.4. The minimum absolute atomic E-state index is 0.0961. The first-order valence-corrected chi connectivity index (χ1v) is 16.9. The van der Waals surface area contributed by atoms with Gasteiger partial charge in [-0.05, 0) is 67.1 Å². The molecule has 7 nitrogen and oxygen atoms in total. The SMILES string of the molecule is CCCNC(=O)[C@@H](Cc1ccccc1)N(Cc1ccccc1C)C(=O)CN(c1ccccc1CC)S(=O)(=O)c1ccc(C)cc1. The highest BCUT2D eigenvalue weighted by Gasteiger charge is 2.35. The van der Waals surface area contributed by atoms with Gasteiger partial charge in [0.1, 0.15) is 12.6 Å². The maximum atomic E-state index is 14.6. The van der Waals surface area contributed by atoms with Gasteiger partial charge in [-0.1, -0.05) is 104 Å². The Labute approximate surface area is 268 Å². The van der Waals surface area contributed by atoms with E-state index in [-0.39, 0.29) is 23.8 Å². The van der Waals surface area contributed by atoms with Crippen molar-refractivity contribution in [3.05, 3.63) is 131 Å². The van der Waals surface area contributed by atoms with Gasteiger partial charge in [-0.2, -0.15) is 0 Å². The molecule has 0 fully saturated rings. The normalized spacial score (nSPS) is 11.9. The van der Waals surface area contributed by atoms with E-state index < -0.39 is 28.5 Å². The van der Waals surface area contributed by atoms with Crippen LogP contribution in [0, 0.1) is 13.8 Å². The average molecular weight is 626 g/mol. The number of nitrogens with one attached hydrogen (secondary N) is 1. The number of rotatable bonds is 14. The van der Waals surface area contributed by atoms with Gasteiger partial charge in [-0.25, -0.2) is 8.42 Å². The number of benzene rings is 4. The molecule has 4 aromatic carbocycles. The van der Waals surface area contributed by atoms with E-state index in [2.05, 4.69) is 5.32 Å². The molecule has 0 aliphatic rings. The van der Waals surface area contributed by atoms with Crippen LogP contribution < -0.4 is 9.62 Å². The van der Waals surface area contributed by atoms with Gasteiger partial charge in [0.2, 0.25) is 11.8 Å². The Bertz CT molecular complexity index is 1690. The third-order valence-corrected chi connectivity index (χ3v) is 9.73. The summed E-state index contributed by atoms with van der Waals surface area (Å²) in [6.45, 7) is 7.94. The highest BCUT2D eigenvalue weighted by Crippen LogP contribution is 2.29. The van der Waals surface area contributed by atoms with Gasteiger partial charge in [0.05, 0.1) is 10.6 Å². The zero-order chi connectivity index (χ0) is 32.4. The first-order chi connectivity index (χ1) is 21.6. The second kappa shape index (κ2) is 15.5. The number of para-hydroxylation sites is 1. The number of amides is 2. The minimum atomic E-state index is -4.15. The van der Waals surface area contributed by atoms with Gasteiger partial charge in [-0.15, -0.1) is 0 Å². The predicted octanol–water partition coefficient (Wildman–Crippen LogP) is 6.23. The van der Waals surface area contributed by atoms with Gasteiger partial charge in [-0.3, -0.25) is 13.9 Å². The third kappa shape index (κ3) is 8.39. The van der Waals surface area contributed by atoms with Crippen molar-refractivity contribution in [3.8, 4) is 0 Å². The van der Waals surface area contributed by atoms with Crippen LogP contribution >= 0.6 is 0 Å². The smallest absolute Gasteiger partial charge is 0.264 e. The standard InChI is InChI=1S/C37H43N3O4S/c1-5-24-38-37(42)35(25-30-15-8-7-9-16-30)39(26-32-18-11-10-14-29(32)4)36(41)27-40(34-19-13-12-17-31(34)6-2)45(43,44)33-22-20-28(3)21-23-33/h7-23,35H,5-6,24-27H2,1-4H3,(H,38,42)/t35-/m1/s1. The van der Waals surface area contributed by atoms with Crippen LogP contribution in [-0.4, -0.2) is 44.3 Å². The molecule has 0 aliphatic heterocycles. The summed E-state index contributed by atoms with van der Waals surface area (Å²) in [6.07, 6.45) is 1.60. The van der Waals surface area contributed by atoms with E-state index in [1.54, 1.807) is 41.3 Å². The number of aryl methyl sites for hydroxylation is 3. The lowest BCUT2D eigenvalue weighted by Gasteiger charge is -2.34. The lowest BCUT2D eigenvalue weighted by Crippen LogP contribution is -2.53. The Morgan fingerprint density at radius 1 is 0.778 bits per heavy atom. The third-order valence-electron chi connectivity index (χ3n) is 7.95. The molecule has 0 aliphatic carbocycles. The summed E-state index contributed by atoms with van der Waals surface area (Å²) < 4.78 is 29.8. The molecular weight excluding hydrogens is 582 g/mol. The molecule has 0 spiro atoms. The van der Waals surface area contributed by atoms with Crippen molar-refractivity contribution in [2.45, 2.75) is 64.4 Å². The van der Waals surface area contributed by atoms with Crippen molar-refractivity contribution < 1.29 is 18.0 Å². The molecule has 1 atom stereocenters. The molecule has 0 unspecified atom stereocenters. The monoisotopic (exact) mass is 625 g/mol. The quantitative estimate of drug-likeness (QED) is 0.180. The van der Waals surface area contributed by atoms with Crippen LogP contribution in [0.5, 0.6) is 0 Å². The van der Waals surface area contributed by atoms with E-state index in [1.807, 2.05) is 94.4 Å². The Hall–Kier alpha value is -4.43. The zero-order valence-electron chi connectivity index (χ0n) is 26.6. The Morgan fingerprint density at radius 2 is 1.40 bits per heavy atom. The van der Waals surface area contributed by atoms with Gasteiger partial charge in [0.25, 0.3) is 10.0 Å². The molecule has 1 N–H and O–H groups in total. The fourth-order valence-corrected chi connectivity index (χ4v) is 6.75. The number of anilines is 1. The van der Waals surface area contributed by atoms with Crippen LogP contribution in [0.1, 0.15) is 48.1 Å². The van der Waals surface area contributed by atoms with E-state index >= 15 is 0 Å². The van der Waals surface area contributed by atoms with Gasteiger partial charge in [0, 0.05) is 19.5 Å². The number of sulfonamides is 1. The summed E-state index contributed by atoms with van der Waals surface area (Å²) in [4.78, 5) is 30.1. The fourth-order valence-electron chi connectivity index (χ4n) is 5.29. The Balaban J connectivity index is 1.83. The van der Waals surface area contributed by atoms with E-state index in [9.17, 15) is 18.0 Å². The van der Waals surface area contributed by atoms with E-state index in [4.69, 9.17) is 0 Å². The predicted molar refractivity (Wildman–Crippen MR) is 180 cm³/mol. The molecule has 2 amide bonds. The molecule has 45 heavy (non-hydrogen) atoms. The number of hydrogen-bond acceptors (Lipinski definition) is 4. The van der Waals surface area contributed by atoms with Crippen LogP contribution in [0.3, 0.4) is 0 Å². The maximum Gasteiger partial charge on any atom is 0.264 e. The summed E-state index contributed by atoms with van der Waals surface area (Å²) >= 11 is 0. The summed E-state index contributed by atoms with van der Waals surface area (Å²) in [5.41, 5.74) is 4.93. The minimum Gasteiger partial charge on any atom is -0.354 e. The lowest BCUT2D eigenvalue weighted by molar-refractivity contribution is -0.140. The van der Waals surface area contributed by atoms with Gasteiger partial charge < -0.3 is 10.2 Å². The molecule has 8 heteroatoms. The van der Waals surface area contributed by atoms with Gasteiger partial charge in [0.15, 0.2) is 0 Å². The molecular formula is C37H43N3O4S. The molecule has 0 aromatic heterocycles. The van der Waals surface area contributed by atoms with Crippen molar-refractivity contribution in [1.29, 1.82) is 0 Å². The summed E-state index contributed by atoms with van der Waals surface area (Å²) in [5, 5.41) is 2.99. The Morgan fingerprint density at radius 3 is 2.04 bits per heavy atom. The molecule has 0 radical (unpaired) electrons. The molecule has 0 saturated carbocycles.